The Balaban J connectivity index is 1.69. The van der Waals surface area contributed by atoms with Crippen LogP contribution in [0.1, 0.15) is 42.3 Å². The summed E-state index contributed by atoms with van der Waals surface area (Å²) >= 11 is 1.42. The minimum atomic E-state index is -0.451. The Morgan fingerprint density at radius 3 is 2.45 bits per heavy atom. The lowest BCUT2D eigenvalue weighted by Gasteiger charge is -2.18. The largest absolute Gasteiger partial charge is 0.297 e. The summed E-state index contributed by atoms with van der Waals surface area (Å²) in [6.07, 6.45) is 4.12. The predicted octanol–water partition coefficient (Wildman–Crippen LogP) is 5.58. The molecule has 0 spiro atoms. The molecule has 3 aromatic rings. The third-order valence-electron chi connectivity index (χ3n) is 4.45. The van der Waals surface area contributed by atoms with Crippen LogP contribution in [-0.4, -0.2) is 10.9 Å². The van der Waals surface area contributed by atoms with Gasteiger partial charge in [0.2, 0.25) is 0 Å². The number of rotatable bonds is 5. The maximum absolute atomic E-state index is 12.5. The van der Waals surface area contributed by atoms with Gasteiger partial charge in [0.05, 0.1) is 0 Å². The van der Waals surface area contributed by atoms with Crippen LogP contribution in [0.2, 0.25) is 0 Å². The van der Waals surface area contributed by atoms with E-state index >= 15 is 0 Å². The topological polar surface area (TPSA) is 65.8 Å². The highest BCUT2D eigenvalue weighted by atomic mass is 32.1. The molecule has 0 fully saturated rings. The van der Waals surface area contributed by atoms with Gasteiger partial charge in [-0.1, -0.05) is 75.4 Å². The number of nitrogens with zero attached hydrogens (tertiary/aromatic N) is 2. The number of carbonyl (C=O) groups is 1. The highest BCUT2D eigenvalue weighted by molar-refractivity contribution is 7.15. The van der Waals surface area contributed by atoms with Crippen molar-refractivity contribution in [1.29, 1.82) is 5.26 Å². The van der Waals surface area contributed by atoms with Gasteiger partial charge in [-0.2, -0.15) is 5.26 Å². The van der Waals surface area contributed by atoms with Crippen molar-refractivity contribution in [1.82, 2.24) is 4.98 Å². The van der Waals surface area contributed by atoms with Crippen molar-refractivity contribution in [2.75, 3.05) is 5.32 Å². The van der Waals surface area contributed by atoms with Gasteiger partial charge in [-0.25, -0.2) is 4.98 Å². The first-order valence-corrected chi connectivity index (χ1v) is 10.2. The number of benzene rings is 2. The molecule has 146 valence electrons. The molecular formula is C24H23N3OS. The summed E-state index contributed by atoms with van der Waals surface area (Å²) in [6, 6.07) is 20.0. The van der Waals surface area contributed by atoms with Gasteiger partial charge in [-0.15, -0.1) is 11.3 Å². The zero-order chi connectivity index (χ0) is 20.9. The molecular weight excluding hydrogens is 378 g/mol. The highest BCUT2D eigenvalue weighted by Crippen LogP contribution is 2.24. The number of hydrogen-bond donors (Lipinski definition) is 1. The van der Waals surface area contributed by atoms with Crippen LogP contribution >= 0.6 is 11.3 Å². The second-order valence-corrected chi connectivity index (χ2v) is 8.91. The third kappa shape index (κ3) is 5.63. The molecule has 4 nitrogen and oxygen atoms in total. The number of nitrogens with one attached hydrogen (secondary N) is 1. The summed E-state index contributed by atoms with van der Waals surface area (Å²) in [7, 11) is 0. The van der Waals surface area contributed by atoms with E-state index in [1.807, 2.05) is 48.5 Å². The van der Waals surface area contributed by atoms with Crippen LogP contribution in [0.15, 0.2) is 66.4 Å². The fraction of sp³-hybridized carbons (Fsp3) is 0.208. The van der Waals surface area contributed by atoms with E-state index in [1.165, 1.54) is 22.5 Å². The van der Waals surface area contributed by atoms with Crippen LogP contribution < -0.4 is 5.32 Å². The predicted molar refractivity (Wildman–Crippen MR) is 119 cm³/mol. The number of hydrogen-bond acceptors (Lipinski definition) is 4. The van der Waals surface area contributed by atoms with Gasteiger partial charge < -0.3 is 0 Å². The van der Waals surface area contributed by atoms with Crippen LogP contribution in [0.25, 0.3) is 6.08 Å². The van der Waals surface area contributed by atoms with E-state index in [9.17, 15) is 10.1 Å². The maximum Gasteiger partial charge on any atom is 0.268 e. The number of amides is 1. The van der Waals surface area contributed by atoms with E-state index in [-0.39, 0.29) is 11.0 Å². The van der Waals surface area contributed by atoms with Crippen LogP contribution in [0.5, 0.6) is 0 Å². The van der Waals surface area contributed by atoms with Gasteiger partial charge in [0.15, 0.2) is 5.13 Å². The normalized spacial score (nSPS) is 11.7. The minimum Gasteiger partial charge on any atom is -0.297 e. The Labute approximate surface area is 175 Å². The molecule has 0 radical (unpaired) electrons. The lowest BCUT2D eigenvalue weighted by atomic mass is 9.86. The number of aromatic nitrogens is 1. The molecule has 0 atom stereocenters. The zero-order valence-corrected chi connectivity index (χ0v) is 17.6. The van der Waals surface area contributed by atoms with Crippen molar-refractivity contribution in [2.45, 2.75) is 32.6 Å². The molecule has 0 saturated heterocycles. The van der Waals surface area contributed by atoms with Gasteiger partial charge in [0.1, 0.15) is 11.6 Å². The van der Waals surface area contributed by atoms with Gasteiger partial charge in [-0.05, 0) is 28.2 Å². The lowest BCUT2D eigenvalue weighted by molar-refractivity contribution is -0.112. The van der Waals surface area contributed by atoms with E-state index in [4.69, 9.17) is 0 Å². The van der Waals surface area contributed by atoms with Crippen molar-refractivity contribution >= 4 is 28.5 Å². The van der Waals surface area contributed by atoms with Crippen molar-refractivity contribution in [2.24, 2.45) is 0 Å². The molecule has 1 aromatic heterocycles. The summed E-state index contributed by atoms with van der Waals surface area (Å²) in [5.74, 6) is -0.451. The molecule has 1 N–H and O–H groups in total. The van der Waals surface area contributed by atoms with Crippen molar-refractivity contribution in [3.05, 3.63) is 87.9 Å². The maximum atomic E-state index is 12.5. The summed E-state index contributed by atoms with van der Waals surface area (Å²) in [5, 5.41) is 12.6. The van der Waals surface area contributed by atoms with Crippen LogP contribution in [0.4, 0.5) is 5.13 Å². The molecule has 0 bridgehead atoms. The Bertz CT molecular complexity index is 1050. The average molecular weight is 402 g/mol. The fourth-order valence-corrected chi connectivity index (χ4v) is 3.64. The first-order chi connectivity index (χ1) is 13.8. The Hall–Kier alpha value is -3.23. The molecule has 0 aliphatic heterocycles. The first kappa shape index (κ1) is 20.5. The number of anilines is 1. The zero-order valence-electron chi connectivity index (χ0n) is 16.8. The fourth-order valence-electron chi connectivity index (χ4n) is 2.80. The lowest BCUT2D eigenvalue weighted by Crippen LogP contribution is -2.13. The third-order valence-corrected chi connectivity index (χ3v) is 5.36. The number of thiazole rings is 1. The van der Waals surface area contributed by atoms with Gasteiger partial charge >= 0.3 is 0 Å². The van der Waals surface area contributed by atoms with E-state index < -0.39 is 5.91 Å². The summed E-state index contributed by atoms with van der Waals surface area (Å²) in [5.41, 5.74) is 3.30. The summed E-state index contributed by atoms with van der Waals surface area (Å²) in [6.45, 7) is 6.43. The van der Waals surface area contributed by atoms with Gasteiger partial charge in [0.25, 0.3) is 5.91 Å². The Morgan fingerprint density at radius 2 is 1.83 bits per heavy atom. The van der Waals surface area contributed by atoms with E-state index in [1.54, 1.807) is 12.3 Å². The molecule has 0 aliphatic carbocycles. The van der Waals surface area contributed by atoms with Crippen LogP contribution in [0, 0.1) is 11.3 Å². The highest BCUT2D eigenvalue weighted by Gasteiger charge is 2.14. The van der Waals surface area contributed by atoms with Crippen molar-refractivity contribution in [3.8, 4) is 6.07 Å². The molecule has 0 saturated carbocycles. The van der Waals surface area contributed by atoms with Crippen molar-refractivity contribution in [3.63, 3.8) is 0 Å². The van der Waals surface area contributed by atoms with E-state index in [0.29, 0.717) is 5.13 Å². The molecule has 5 heteroatoms. The molecule has 2 aromatic carbocycles. The second kappa shape index (κ2) is 8.85. The standard InChI is InChI=1S/C24H23N3OS/c1-24(2,3)20-11-9-18(10-12-20)13-19(15-25)22(28)27-23-26-16-21(29-23)14-17-7-5-4-6-8-17/h4-13,16H,14H2,1-3H3,(H,26,27,28). The smallest absolute Gasteiger partial charge is 0.268 e. The quantitative estimate of drug-likeness (QED) is 0.448. The van der Waals surface area contributed by atoms with Crippen molar-refractivity contribution < 1.29 is 4.79 Å². The second-order valence-electron chi connectivity index (χ2n) is 7.79. The minimum absolute atomic E-state index is 0.0494. The molecule has 1 amide bonds. The van der Waals surface area contributed by atoms with Gasteiger partial charge in [-0.3, -0.25) is 10.1 Å². The van der Waals surface area contributed by atoms with Crippen LogP contribution in [0.3, 0.4) is 0 Å². The van der Waals surface area contributed by atoms with E-state index in [0.717, 1.165) is 16.9 Å². The first-order valence-electron chi connectivity index (χ1n) is 9.37. The molecule has 29 heavy (non-hydrogen) atoms. The summed E-state index contributed by atoms with van der Waals surface area (Å²) in [4.78, 5) is 17.8. The van der Waals surface area contributed by atoms with E-state index in [2.05, 4.69) is 43.2 Å². The van der Waals surface area contributed by atoms with Crippen LogP contribution in [-0.2, 0) is 16.6 Å². The number of nitriles is 1. The monoisotopic (exact) mass is 401 g/mol. The summed E-state index contributed by atoms with van der Waals surface area (Å²) < 4.78 is 0. The Kier molecular flexibility index (Phi) is 6.26. The van der Waals surface area contributed by atoms with Gasteiger partial charge in [0, 0.05) is 17.5 Å². The average Bonchev–Trinajstić information content (AvgIpc) is 3.13. The molecule has 3 rings (SSSR count). The molecule has 1 heterocycles. The number of carbonyl (C=O) groups excluding carboxylic acids is 1. The Morgan fingerprint density at radius 1 is 1.14 bits per heavy atom. The molecule has 0 unspecified atom stereocenters. The molecule has 0 aliphatic rings. The SMILES string of the molecule is CC(C)(C)c1ccc(C=C(C#N)C(=O)Nc2ncc(Cc3ccccc3)s2)cc1.